The number of anilines is 1. The van der Waals surface area contributed by atoms with Crippen LogP contribution in [0.1, 0.15) is 36.9 Å². The molecule has 2 aliphatic rings. The van der Waals surface area contributed by atoms with Crippen molar-refractivity contribution in [3.05, 3.63) is 64.2 Å². The number of hydrogen-bond donors (Lipinski definition) is 1. The third-order valence-corrected chi connectivity index (χ3v) is 6.55. The Labute approximate surface area is 185 Å². The molecule has 2 aromatic heterocycles. The number of nitriles is 1. The monoisotopic (exact) mass is 428 g/mol. The Morgan fingerprint density at radius 1 is 1.12 bits per heavy atom. The lowest BCUT2D eigenvalue weighted by atomic mass is 10.1. The van der Waals surface area contributed by atoms with Crippen molar-refractivity contribution < 1.29 is 4.79 Å². The van der Waals surface area contributed by atoms with Crippen LogP contribution in [0.3, 0.4) is 0 Å². The zero-order valence-corrected chi connectivity index (χ0v) is 17.7. The van der Waals surface area contributed by atoms with Crippen molar-refractivity contribution in [1.29, 1.82) is 5.26 Å². The molecule has 0 aliphatic carbocycles. The molecule has 1 N–H and O–H groups in total. The molecule has 0 radical (unpaired) electrons. The zero-order valence-electron chi connectivity index (χ0n) is 17.7. The molecule has 32 heavy (non-hydrogen) atoms. The summed E-state index contributed by atoms with van der Waals surface area (Å²) in [5, 5.41) is 17.2. The standard InChI is InChI=1S/C24H24N6O2/c25-12-16-8-11-22(26-13-16)29-14-17-9-10-18(15-29)30(17)23(31)7-3-6-21-19-4-1-2-5-20(19)24(32)28-27-21/h1-2,4-5,8,11,13,17-18H,3,6-7,9-10,14-15H2,(H,28,32). The first-order chi connectivity index (χ1) is 15.6. The van der Waals surface area contributed by atoms with Gasteiger partial charge in [0.25, 0.3) is 5.56 Å². The van der Waals surface area contributed by atoms with Gasteiger partial charge in [0.15, 0.2) is 0 Å². The van der Waals surface area contributed by atoms with Crippen LogP contribution in [-0.4, -0.2) is 51.2 Å². The highest BCUT2D eigenvalue weighted by Gasteiger charge is 2.42. The number of amides is 1. The molecule has 2 fully saturated rings. The minimum absolute atomic E-state index is 0.188. The quantitative estimate of drug-likeness (QED) is 0.669. The second-order valence-corrected chi connectivity index (χ2v) is 8.51. The van der Waals surface area contributed by atoms with Crippen LogP contribution in [0.15, 0.2) is 47.4 Å². The summed E-state index contributed by atoms with van der Waals surface area (Å²) in [4.78, 5) is 33.8. The van der Waals surface area contributed by atoms with Crippen LogP contribution in [0.2, 0.25) is 0 Å². The van der Waals surface area contributed by atoms with E-state index in [-0.39, 0.29) is 23.6 Å². The molecule has 1 aromatic carbocycles. The molecule has 0 saturated carbocycles. The number of carbonyl (C=O) groups is 1. The highest BCUT2D eigenvalue weighted by Crippen LogP contribution is 2.33. The van der Waals surface area contributed by atoms with Crippen LogP contribution in [-0.2, 0) is 11.2 Å². The van der Waals surface area contributed by atoms with E-state index in [2.05, 4.69) is 31.1 Å². The molecule has 8 nitrogen and oxygen atoms in total. The number of aromatic amines is 1. The number of piperazine rings is 1. The van der Waals surface area contributed by atoms with Gasteiger partial charge in [-0.2, -0.15) is 10.4 Å². The fourth-order valence-corrected chi connectivity index (χ4v) is 5.03. The zero-order chi connectivity index (χ0) is 22.1. The number of fused-ring (bicyclic) bond motifs is 3. The number of H-pyrrole nitrogens is 1. The lowest BCUT2D eigenvalue weighted by molar-refractivity contribution is -0.134. The molecule has 4 heterocycles. The molecule has 3 aromatic rings. The smallest absolute Gasteiger partial charge is 0.272 e. The average Bonchev–Trinajstić information content (AvgIpc) is 3.10. The predicted octanol–water partition coefficient (Wildman–Crippen LogP) is 2.39. The Kier molecular flexibility index (Phi) is 5.31. The molecule has 0 spiro atoms. The van der Waals surface area contributed by atoms with Crippen LogP contribution in [0.5, 0.6) is 0 Å². The van der Waals surface area contributed by atoms with E-state index >= 15 is 0 Å². The highest BCUT2D eigenvalue weighted by molar-refractivity contribution is 5.83. The van der Waals surface area contributed by atoms with Crippen LogP contribution in [0, 0.1) is 11.3 Å². The molecule has 2 aliphatic heterocycles. The van der Waals surface area contributed by atoms with E-state index in [0.717, 1.165) is 42.8 Å². The molecule has 5 rings (SSSR count). The van der Waals surface area contributed by atoms with E-state index in [4.69, 9.17) is 5.26 Å². The van der Waals surface area contributed by atoms with Gasteiger partial charge in [-0.15, -0.1) is 0 Å². The number of nitrogens with one attached hydrogen (secondary N) is 1. The van der Waals surface area contributed by atoms with Gasteiger partial charge in [-0.1, -0.05) is 18.2 Å². The van der Waals surface area contributed by atoms with Gasteiger partial charge in [-0.05, 0) is 43.9 Å². The Morgan fingerprint density at radius 3 is 2.56 bits per heavy atom. The summed E-state index contributed by atoms with van der Waals surface area (Å²) in [5.41, 5.74) is 1.19. The number of aryl methyl sites for hydroxylation is 1. The maximum Gasteiger partial charge on any atom is 0.272 e. The lowest BCUT2D eigenvalue weighted by Gasteiger charge is -2.41. The van der Waals surface area contributed by atoms with E-state index < -0.39 is 0 Å². The van der Waals surface area contributed by atoms with E-state index in [1.807, 2.05) is 24.3 Å². The van der Waals surface area contributed by atoms with E-state index in [9.17, 15) is 9.59 Å². The molecule has 2 unspecified atom stereocenters. The van der Waals surface area contributed by atoms with Gasteiger partial charge in [-0.25, -0.2) is 10.1 Å². The Hall–Kier alpha value is -3.73. The number of rotatable bonds is 5. The second-order valence-electron chi connectivity index (χ2n) is 8.51. The third-order valence-electron chi connectivity index (χ3n) is 6.55. The maximum absolute atomic E-state index is 13.1. The largest absolute Gasteiger partial charge is 0.352 e. The van der Waals surface area contributed by atoms with Gasteiger partial charge >= 0.3 is 0 Å². The molecule has 2 bridgehead atoms. The van der Waals surface area contributed by atoms with Gasteiger partial charge in [0.1, 0.15) is 11.9 Å². The summed E-state index contributed by atoms with van der Waals surface area (Å²) in [5.74, 6) is 1.06. The van der Waals surface area contributed by atoms with Gasteiger partial charge in [0.05, 0.1) is 16.6 Å². The summed E-state index contributed by atoms with van der Waals surface area (Å²) < 4.78 is 0. The van der Waals surface area contributed by atoms with E-state index in [1.165, 1.54) is 0 Å². The van der Waals surface area contributed by atoms with E-state index in [0.29, 0.717) is 30.2 Å². The minimum atomic E-state index is -0.188. The summed E-state index contributed by atoms with van der Waals surface area (Å²) >= 11 is 0. The van der Waals surface area contributed by atoms with Gasteiger partial charge in [0.2, 0.25) is 5.91 Å². The Bertz CT molecular complexity index is 1230. The topological polar surface area (TPSA) is 106 Å². The van der Waals surface area contributed by atoms with E-state index in [1.54, 1.807) is 18.3 Å². The average molecular weight is 428 g/mol. The number of nitrogens with zero attached hydrogens (tertiary/aromatic N) is 5. The van der Waals surface area contributed by atoms with Crippen molar-refractivity contribution in [2.45, 2.75) is 44.2 Å². The minimum Gasteiger partial charge on any atom is -0.352 e. The molecule has 1 amide bonds. The first kappa shape index (κ1) is 20.2. The number of carbonyl (C=O) groups excluding carboxylic acids is 1. The molecule has 2 atom stereocenters. The Balaban J connectivity index is 1.21. The lowest BCUT2D eigenvalue weighted by Crippen LogP contribution is -2.56. The maximum atomic E-state index is 13.1. The van der Waals surface area contributed by atoms with Crippen LogP contribution >= 0.6 is 0 Å². The predicted molar refractivity (Wildman–Crippen MR) is 120 cm³/mol. The fourth-order valence-electron chi connectivity index (χ4n) is 5.03. The fraction of sp³-hybridized carbons (Fsp3) is 0.375. The molecular formula is C24H24N6O2. The van der Waals surface area contributed by atoms with Crippen LogP contribution < -0.4 is 10.5 Å². The molecular weight excluding hydrogens is 404 g/mol. The summed E-state index contributed by atoms with van der Waals surface area (Å²) in [7, 11) is 0. The highest BCUT2D eigenvalue weighted by atomic mass is 16.2. The van der Waals surface area contributed by atoms with Crippen LogP contribution in [0.4, 0.5) is 5.82 Å². The van der Waals surface area contributed by atoms with Crippen molar-refractivity contribution in [3.8, 4) is 6.07 Å². The van der Waals surface area contributed by atoms with Gasteiger partial charge in [0, 0.05) is 43.2 Å². The summed E-state index contributed by atoms with van der Waals surface area (Å²) in [6, 6.07) is 13.6. The van der Waals surface area contributed by atoms with Crippen molar-refractivity contribution >= 4 is 22.5 Å². The number of aromatic nitrogens is 3. The van der Waals surface area contributed by atoms with Crippen molar-refractivity contribution in [3.63, 3.8) is 0 Å². The Morgan fingerprint density at radius 2 is 1.88 bits per heavy atom. The number of benzene rings is 1. The summed E-state index contributed by atoms with van der Waals surface area (Å²) in [6.45, 7) is 1.54. The third kappa shape index (κ3) is 3.71. The van der Waals surface area contributed by atoms with Crippen molar-refractivity contribution in [1.82, 2.24) is 20.1 Å². The van der Waals surface area contributed by atoms with Crippen molar-refractivity contribution in [2.24, 2.45) is 0 Å². The van der Waals surface area contributed by atoms with Gasteiger partial charge < -0.3 is 9.80 Å². The molecule has 162 valence electrons. The van der Waals surface area contributed by atoms with Crippen molar-refractivity contribution in [2.75, 3.05) is 18.0 Å². The normalized spacial score (nSPS) is 19.8. The van der Waals surface area contributed by atoms with Crippen LogP contribution in [0.25, 0.3) is 10.8 Å². The molecule has 2 saturated heterocycles. The first-order valence-electron chi connectivity index (χ1n) is 11.0. The second kappa shape index (κ2) is 8.42. The molecule has 8 heteroatoms. The number of pyridine rings is 1. The first-order valence-corrected chi connectivity index (χ1v) is 11.0. The SMILES string of the molecule is N#Cc1ccc(N2CC3CCC(C2)N3C(=O)CCCc2n[nH]c(=O)c3ccccc23)nc1. The summed E-state index contributed by atoms with van der Waals surface area (Å²) in [6.07, 6.45) is 5.43. The number of hydrogen-bond acceptors (Lipinski definition) is 6. The van der Waals surface area contributed by atoms with Gasteiger partial charge in [-0.3, -0.25) is 9.59 Å².